The Balaban J connectivity index is 1.16. The smallest absolute Gasteiger partial charge is 0.338 e. The first-order valence-electron chi connectivity index (χ1n) is 14.7. The lowest BCUT2D eigenvalue weighted by molar-refractivity contribution is -0.139. The van der Waals surface area contributed by atoms with E-state index in [4.69, 9.17) is 9.57 Å². The third-order valence-electron chi connectivity index (χ3n) is 7.70. The van der Waals surface area contributed by atoms with Crippen LogP contribution in [0.2, 0.25) is 0 Å². The fourth-order valence-corrected chi connectivity index (χ4v) is 6.60. The number of imide groups is 1. The van der Waals surface area contributed by atoms with E-state index < -0.39 is 23.8 Å². The summed E-state index contributed by atoms with van der Waals surface area (Å²) in [6.07, 6.45) is 3.40. The van der Waals surface area contributed by atoms with Crippen molar-refractivity contribution in [2.75, 3.05) is 6.61 Å². The van der Waals surface area contributed by atoms with Gasteiger partial charge in [-0.1, -0.05) is 71.1 Å². The van der Waals surface area contributed by atoms with Crippen LogP contribution in [0.25, 0.3) is 11.8 Å². The Kier molecular flexibility index (Phi) is 7.75. The molecule has 234 valence electrons. The predicted octanol–water partition coefficient (Wildman–Crippen LogP) is 3.11. The van der Waals surface area contributed by atoms with Crippen LogP contribution in [0.4, 0.5) is 0 Å². The van der Waals surface area contributed by atoms with Gasteiger partial charge in [-0.3, -0.25) is 23.8 Å². The highest BCUT2D eigenvalue weighted by atomic mass is 32.1. The van der Waals surface area contributed by atoms with Crippen molar-refractivity contribution in [3.05, 3.63) is 144 Å². The van der Waals surface area contributed by atoms with E-state index in [1.807, 2.05) is 54.6 Å². The Morgan fingerprint density at radius 2 is 1.68 bits per heavy atom. The number of allylic oxidation sites excluding steroid dienone is 1. The molecule has 2 aliphatic heterocycles. The molecular weight excluding hydrogens is 620 g/mol. The molecule has 0 saturated heterocycles. The van der Waals surface area contributed by atoms with Crippen molar-refractivity contribution in [2.24, 2.45) is 4.99 Å². The maximum atomic E-state index is 13.9. The minimum Gasteiger partial charge on any atom is -0.463 e. The number of benzene rings is 3. The fourth-order valence-electron chi connectivity index (χ4n) is 5.56. The van der Waals surface area contributed by atoms with Gasteiger partial charge in [-0.05, 0) is 55.3 Å². The number of carbonyl (C=O) groups excluding carboxylic acids is 3. The van der Waals surface area contributed by atoms with E-state index in [0.717, 1.165) is 16.2 Å². The number of hydroxylamine groups is 2. The highest BCUT2D eigenvalue weighted by molar-refractivity contribution is 7.07. The summed E-state index contributed by atoms with van der Waals surface area (Å²) >= 11 is 1.24. The minimum absolute atomic E-state index is 0.151. The highest BCUT2D eigenvalue weighted by Gasteiger charge is 2.37. The van der Waals surface area contributed by atoms with E-state index in [-0.39, 0.29) is 29.9 Å². The SMILES string of the molecule is CCOC(=O)C1=C(C)N=c2s/c(=C\c3cccc(-n4cc(CON5C(=O)c6ccccc6C5=O)nn4)c3)c(=O)n2C1c1ccccc1. The van der Waals surface area contributed by atoms with Crippen molar-refractivity contribution in [3.8, 4) is 5.69 Å². The second-order valence-corrected chi connectivity index (χ2v) is 11.7. The molecule has 1 unspecified atom stereocenters. The van der Waals surface area contributed by atoms with Crippen molar-refractivity contribution in [3.63, 3.8) is 0 Å². The highest BCUT2D eigenvalue weighted by Crippen LogP contribution is 2.30. The third kappa shape index (κ3) is 5.41. The number of esters is 1. The molecule has 0 radical (unpaired) electrons. The van der Waals surface area contributed by atoms with E-state index in [1.54, 1.807) is 55.0 Å². The van der Waals surface area contributed by atoms with Gasteiger partial charge >= 0.3 is 5.97 Å². The molecule has 0 aliphatic carbocycles. The van der Waals surface area contributed by atoms with E-state index in [0.29, 0.717) is 32.0 Å². The van der Waals surface area contributed by atoms with Gasteiger partial charge in [0.1, 0.15) is 12.3 Å². The number of nitrogens with zero attached hydrogens (tertiary/aromatic N) is 6. The first-order valence-corrected chi connectivity index (χ1v) is 15.5. The normalized spacial score (nSPS) is 15.9. The Labute approximate surface area is 271 Å². The number of carbonyl (C=O) groups is 3. The van der Waals surface area contributed by atoms with E-state index in [1.165, 1.54) is 16.0 Å². The molecule has 12 nitrogen and oxygen atoms in total. The number of hydrogen-bond acceptors (Lipinski definition) is 10. The average Bonchev–Trinajstić information content (AvgIpc) is 3.75. The molecule has 13 heteroatoms. The summed E-state index contributed by atoms with van der Waals surface area (Å²) in [5, 5.41) is 9.04. The zero-order valence-corrected chi connectivity index (χ0v) is 26.0. The van der Waals surface area contributed by atoms with Crippen LogP contribution in [0.1, 0.15) is 57.4 Å². The molecule has 5 aromatic rings. The van der Waals surface area contributed by atoms with Crippen LogP contribution >= 0.6 is 11.3 Å². The largest absolute Gasteiger partial charge is 0.463 e. The number of thiazole rings is 1. The minimum atomic E-state index is -0.684. The zero-order chi connectivity index (χ0) is 32.7. The van der Waals surface area contributed by atoms with Crippen LogP contribution in [-0.4, -0.2) is 49.0 Å². The maximum Gasteiger partial charge on any atom is 0.338 e. The van der Waals surface area contributed by atoms with Crippen LogP contribution in [0.5, 0.6) is 0 Å². The second kappa shape index (κ2) is 12.2. The quantitative estimate of drug-likeness (QED) is 0.185. The van der Waals surface area contributed by atoms with Crippen molar-refractivity contribution < 1.29 is 24.0 Å². The van der Waals surface area contributed by atoms with Crippen molar-refractivity contribution in [1.29, 1.82) is 0 Å². The summed E-state index contributed by atoms with van der Waals surface area (Å²) in [6, 6.07) is 22.5. The molecule has 2 aromatic heterocycles. The van der Waals surface area contributed by atoms with Gasteiger partial charge in [-0.15, -0.1) is 10.2 Å². The summed E-state index contributed by atoms with van der Waals surface area (Å²) in [7, 11) is 0. The van der Waals surface area contributed by atoms with E-state index in [2.05, 4.69) is 15.3 Å². The molecule has 0 N–H and O–H groups in total. The van der Waals surface area contributed by atoms with E-state index >= 15 is 0 Å². The molecule has 4 heterocycles. The van der Waals surface area contributed by atoms with Crippen molar-refractivity contribution >= 4 is 35.2 Å². The molecule has 2 aliphatic rings. The summed E-state index contributed by atoms with van der Waals surface area (Å²) in [5.41, 5.74) is 3.68. The predicted molar refractivity (Wildman–Crippen MR) is 170 cm³/mol. The van der Waals surface area contributed by atoms with Gasteiger partial charge in [0.2, 0.25) is 0 Å². The van der Waals surface area contributed by atoms with Gasteiger partial charge in [0.05, 0.1) is 51.5 Å². The van der Waals surface area contributed by atoms with Crippen LogP contribution < -0.4 is 14.9 Å². The van der Waals surface area contributed by atoms with Gasteiger partial charge in [0.25, 0.3) is 17.4 Å². The number of aromatic nitrogens is 4. The molecule has 47 heavy (non-hydrogen) atoms. The number of hydrogen-bond donors (Lipinski definition) is 0. The Morgan fingerprint density at radius 3 is 2.40 bits per heavy atom. The van der Waals surface area contributed by atoms with Crippen LogP contribution in [0, 0.1) is 0 Å². The fraction of sp³-hybridized carbons (Fsp3) is 0.147. The molecule has 0 fully saturated rings. The molecular formula is C34H26N6O6S. The van der Waals surface area contributed by atoms with Crippen LogP contribution in [0.15, 0.2) is 106 Å². The number of amides is 2. The lowest BCUT2D eigenvalue weighted by atomic mass is 9.96. The van der Waals surface area contributed by atoms with Crippen molar-refractivity contribution in [2.45, 2.75) is 26.5 Å². The molecule has 2 amide bonds. The first-order chi connectivity index (χ1) is 22.8. The van der Waals surface area contributed by atoms with Gasteiger partial charge in [-0.25, -0.2) is 14.5 Å². The topological polar surface area (TPSA) is 138 Å². The number of ether oxygens (including phenoxy) is 1. The lowest BCUT2D eigenvalue weighted by Gasteiger charge is -2.24. The first kappa shape index (κ1) is 29.9. The summed E-state index contributed by atoms with van der Waals surface area (Å²) in [5.74, 6) is -1.57. The van der Waals surface area contributed by atoms with Crippen LogP contribution in [-0.2, 0) is 21.0 Å². The van der Waals surface area contributed by atoms with Crippen LogP contribution in [0.3, 0.4) is 0 Å². The van der Waals surface area contributed by atoms with Gasteiger partial charge < -0.3 is 4.74 Å². The zero-order valence-electron chi connectivity index (χ0n) is 25.2. The molecule has 1 atom stereocenters. The summed E-state index contributed by atoms with van der Waals surface area (Å²) in [4.78, 5) is 62.8. The number of rotatable bonds is 8. The van der Waals surface area contributed by atoms with E-state index in [9.17, 15) is 19.2 Å². The third-order valence-corrected chi connectivity index (χ3v) is 8.69. The maximum absolute atomic E-state index is 13.9. The standard InChI is InChI=1S/C34H26N6O6S/c1-3-45-33(44)28-20(2)35-34-39(29(28)22-11-5-4-6-12-22)32(43)27(47-34)17-21-10-9-13-24(16-21)38-18-23(36-37-38)19-46-40-30(41)25-14-7-8-15-26(25)31(40)42/h4-18,29H,3,19H2,1-2H3/b27-17-. The Hall–Kier alpha value is -5.79. The molecule has 3 aromatic carbocycles. The molecule has 0 spiro atoms. The Morgan fingerprint density at radius 1 is 0.957 bits per heavy atom. The molecule has 0 bridgehead atoms. The van der Waals surface area contributed by atoms with Gasteiger partial charge in [-0.2, -0.15) is 0 Å². The summed E-state index contributed by atoms with van der Waals surface area (Å²) < 4.78 is 8.87. The monoisotopic (exact) mass is 646 g/mol. The lowest BCUT2D eigenvalue weighted by Crippen LogP contribution is -2.39. The van der Waals surface area contributed by atoms with Crippen molar-refractivity contribution in [1.82, 2.24) is 24.6 Å². The number of fused-ring (bicyclic) bond motifs is 2. The second-order valence-electron chi connectivity index (χ2n) is 10.7. The van der Waals surface area contributed by atoms with Gasteiger partial charge in [0.15, 0.2) is 4.80 Å². The summed E-state index contributed by atoms with van der Waals surface area (Å²) in [6.45, 7) is 3.54. The average molecular weight is 647 g/mol. The van der Waals surface area contributed by atoms with Gasteiger partial charge in [0, 0.05) is 0 Å². The molecule has 0 saturated carbocycles. The molecule has 7 rings (SSSR count). The Bertz CT molecular complexity index is 2250.